The number of benzene rings is 1. The van der Waals surface area contributed by atoms with Gasteiger partial charge in [-0.05, 0) is 43.9 Å². The molecule has 1 aliphatic heterocycles. The Morgan fingerprint density at radius 2 is 2.00 bits per heavy atom. The topological polar surface area (TPSA) is 48.9 Å². The molecule has 1 heterocycles. The van der Waals surface area contributed by atoms with Crippen molar-refractivity contribution in [1.82, 2.24) is 15.5 Å². The van der Waals surface area contributed by atoms with E-state index in [9.17, 15) is 0 Å². The van der Waals surface area contributed by atoms with Gasteiger partial charge in [-0.1, -0.05) is 31.5 Å². The summed E-state index contributed by atoms with van der Waals surface area (Å²) in [7, 11) is 1.81. The lowest BCUT2D eigenvalue weighted by Gasteiger charge is -2.34. The van der Waals surface area contributed by atoms with Gasteiger partial charge in [0.2, 0.25) is 0 Å². The number of aliphatic imine (C=N–C) groups is 1. The van der Waals surface area contributed by atoms with Crippen molar-refractivity contribution >= 4 is 41.5 Å². The molecule has 0 spiro atoms. The first-order valence-corrected chi connectivity index (χ1v) is 9.95. The Kier molecular flexibility index (Phi) is 11.4. The molecule has 0 saturated carbocycles. The van der Waals surface area contributed by atoms with Crippen LogP contribution in [0.2, 0.25) is 5.02 Å². The smallest absolute Gasteiger partial charge is 0.191 e. The molecule has 27 heavy (non-hydrogen) atoms. The van der Waals surface area contributed by atoms with Crippen LogP contribution in [0.15, 0.2) is 29.3 Å². The van der Waals surface area contributed by atoms with E-state index in [2.05, 4.69) is 34.4 Å². The molecule has 1 saturated heterocycles. The number of guanidine groups is 1. The minimum absolute atomic E-state index is 0. The van der Waals surface area contributed by atoms with Gasteiger partial charge >= 0.3 is 0 Å². The monoisotopic (exact) mass is 508 g/mol. The minimum atomic E-state index is 0. The molecule has 1 aromatic rings. The van der Waals surface area contributed by atoms with E-state index in [4.69, 9.17) is 16.3 Å². The number of piperidine rings is 1. The van der Waals surface area contributed by atoms with Crippen molar-refractivity contribution in [3.8, 4) is 5.75 Å². The van der Waals surface area contributed by atoms with Gasteiger partial charge in [-0.15, -0.1) is 24.0 Å². The van der Waals surface area contributed by atoms with Crippen LogP contribution in [0.4, 0.5) is 0 Å². The zero-order chi connectivity index (χ0) is 18.9. The second-order valence-corrected chi connectivity index (χ2v) is 7.89. The number of rotatable bonds is 7. The molecule has 1 unspecified atom stereocenters. The van der Waals surface area contributed by atoms with Crippen LogP contribution in [0.3, 0.4) is 0 Å². The van der Waals surface area contributed by atoms with E-state index in [-0.39, 0.29) is 30.1 Å². The summed E-state index contributed by atoms with van der Waals surface area (Å²) in [5.41, 5.74) is 0. The number of hydrogen-bond acceptors (Lipinski definition) is 3. The molecule has 154 valence electrons. The Morgan fingerprint density at radius 1 is 1.30 bits per heavy atom. The van der Waals surface area contributed by atoms with Crippen LogP contribution in [-0.2, 0) is 0 Å². The van der Waals surface area contributed by atoms with Crippen molar-refractivity contribution in [1.29, 1.82) is 0 Å². The van der Waals surface area contributed by atoms with Gasteiger partial charge < -0.3 is 20.3 Å². The molecule has 0 bridgehead atoms. The van der Waals surface area contributed by atoms with Crippen molar-refractivity contribution in [3.63, 3.8) is 0 Å². The second-order valence-electron chi connectivity index (χ2n) is 7.45. The first-order valence-electron chi connectivity index (χ1n) is 9.58. The van der Waals surface area contributed by atoms with Gasteiger partial charge in [-0.3, -0.25) is 4.99 Å². The number of likely N-dealkylation sites (tertiary alicyclic amines) is 1. The highest BCUT2D eigenvalue weighted by Gasteiger charge is 2.20. The molecule has 2 rings (SSSR count). The maximum Gasteiger partial charge on any atom is 0.191 e. The molecule has 1 aliphatic rings. The second kappa shape index (κ2) is 12.7. The molecule has 5 nitrogen and oxygen atoms in total. The number of nitrogens with zero attached hydrogens (tertiary/aromatic N) is 2. The molecular formula is C20H34ClIN4O. The largest absolute Gasteiger partial charge is 0.489 e. The van der Waals surface area contributed by atoms with E-state index >= 15 is 0 Å². The Balaban J connectivity index is 0.00000364. The molecule has 0 aliphatic carbocycles. The van der Waals surface area contributed by atoms with Gasteiger partial charge in [-0.25, -0.2) is 0 Å². The van der Waals surface area contributed by atoms with Crippen LogP contribution in [0, 0.1) is 5.92 Å². The fourth-order valence-corrected chi connectivity index (χ4v) is 3.40. The van der Waals surface area contributed by atoms with Crippen LogP contribution in [0.5, 0.6) is 5.75 Å². The molecule has 1 fully saturated rings. The fraction of sp³-hybridized carbons (Fsp3) is 0.650. The zero-order valence-electron chi connectivity index (χ0n) is 16.9. The summed E-state index contributed by atoms with van der Waals surface area (Å²) in [4.78, 5) is 6.90. The Hall–Kier alpha value is -0.730. The fourth-order valence-electron chi connectivity index (χ4n) is 3.22. The van der Waals surface area contributed by atoms with E-state index in [1.165, 1.54) is 6.54 Å². The summed E-state index contributed by atoms with van der Waals surface area (Å²) in [6, 6.07) is 7.96. The predicted molar refractivity (Wildman–Crippen MR) is 126 cm³/mol. The molecule has 2 N–H and O–H groups in total. The summed E-state index contributed by atoms with van der Waals surface area (Å²) in [5.74, 6) is 2.36. The average molecular weight is 509 g/mol. The predicted octanol–water partition coefficient (Wildman–Crippen LogP) is 4.01. The molecule has 0 amide bonds. The molecule has 1 aromatic carbocycles. The normalized spacial score (nSPS) is 17.3. The van der Waals surface area contributed by atoms with Crippen molar-refractivity contribution in [2.45, 2.75) is 45.8 Å². The minimum Gasteiger partial charge on any atom is -0.489 e. The Labute approximate surface area is 186 Å². The highest BCUT2D eigenvalue weighted by atomic mass is 127. The lowest BCUT2D eigenvalue weighted by molar-refractivity contribution is 0.186. The maximum absolute atomic E-state index is 6.00. The van der Waals surface area contributed by atoms with Crippen LogP contribution in [0.1, 0.15) is 33.6 Å². The Bertz CT molecular complexity index is 577. The summed E-state index contributed by atoms with van der Waals surface area (Å²) in [6.07, 6.45) is 2.32. The van der Waals surface area contributed by atoms with Crippen LogP contribution in [-0.4, -0.2) is 56.2 Å². The van der Waals surface area contributed by atoms with E-state index in [0.29, 0.717) is 17.6 Å². The van der Waals surface area contributed by atoms with Crippen molar-refractivity contribution < 1.29 is 4.74 Å². The molecule has 1 atom stereocenters. The maximum atomic E-state index is 6.00. The summed E-state index contributed by atoms with van der Waals surface area (Å²) >= 11 is 6.00. The van der Waals surface area contributed by atoms with E-state index in [1.807, 2.05) is 38.2 Å². The summed E-state index contributed by atoms with van der Waals surface area (Å²) in [6.45, 7) is 10.8. The number of ether oxygens (including phenoxy) is 1. The molecule has 0 radical (unpaired) electrons. The van der Waals surface area contributed by atoms with Gasteiger partial charge in [-0.2, -0.15) is 0 Å². The van der Waals surface area contributed by atoms with E-state index < -0.39 is 0 Å². The van der Waals surface area contributed by atoms with Gasteiger partial charge in [0.25, 0.3) is 0 Å². The number of halogens is 2. The standard InChI is InChI=1S/C20H33ClN4O.HI/c1-15(2)14-25-10-8-18(9-11-25)24-20(22-4)23-13-16(3)26-19-7-5-6-17(21)12-19;/h5-7,12,15-16,18H,8-11,13-14H2,1-4H3,(H2,22,23,24);1H. The van der Waals surface area contributed by atoms with Crippen LogP contribution < -0.4 is 15.4 Å². The summed E-state index contributed by atoms with van der Waals surface area (Å²) in [5, 5.41) is 7.59. The van der Waals surface area contributed by atoms with E-state index in [1.54, 1.807) is 0 Å². The SMILES string of the molecule is CN=C(NCC(C)Oc1cccc(Cl)c1)NC1CCN(CC(C)C)CC1.I. The summed E-state index contributed by atoms with van der Waals surface area (Å²) < 4.78 is 5.89. The highest BCUT2D eigenvalue weighted by Crippen LogP contribution is 2.18. The van der Waals surface area contributed by atoms with Crippen molar-refractivity contribution in [2.24, 2.45) is 10.9 Å². The molecule has 0 aromatic heterocycles. The third-order valence-electron chi connectivity index (χ3n) is 4.47. The first-order chi connectivity index (χ1) is 12.5. The van der Waals surface area contributed by atoms with Gasteiger partial charge in [0.05, 0.1) is 6.54 Å². The Morgan fingerprint density at radius 3 is 2.59 bits per heavy atom. The van der Waals surface area contributed by atoms with Crippen molar-refractivity contribution in [3.05, 3.63) is 29.3 Å². The quantitative estimate of drug-likeness (QED) is 0.332. The number of nitrogens with one attached hydrogen (secondary N) is 2. The van der Waals surface area contributed by atoms with Gasteiger partial charge in [0, 0.05) is 37.7 Å². The van der Waals surface area contributed by atoms with E-state index in [0.717, 1.165) is 43.6 Å². The lowest BCUT2D eigenvalue weighted by Crippen LogP contribution is -2.50. The third-order valence-corrected chi connectivity index (χ3v) is 4.70. The van der Waals surface area contributed by atoms with Crippen molar-refractivity contribution in [2.75, 3.05) is 33.2 Å². The highest BCUT2D eigenvalue weighted by molar-refractivity contribution is 14.0. The van der Waals surface area contributed by atoms with Crippen LogP contribution in [0.25, 0.3) is 0 Å². The van der Waals surface area contributed by atoms with Gasteiger partial charge in [0.1, 0.15) is 11.9 Å². The zero-order valence-corrected chi connectivity index (χ0v) is 20.0. The lowest BCUT2D eigenvalue weighted by atomic mass is 10.0. The molecular weight excluding hydrogens is 475 g/mol. The molecule has 7 heteroatoms. The average Bonchev–Trinajstić information content (AvgIpc) is 2.59. The van der Waals surface area contributed by atoms with Gasteiger partial charge in [0.15, 0.2) is 5.96 Å². The number of hydrogen-bond donors (Lipinski definition) is 2. The third kappa shape index (κ3) is 9.34. The first kappa shape index (κ1) is 24.3. The van der Waals surface area contributed by atoms with Crippen LogP contribution >= 0.6 is 35.6 Å².